The second kappa shape index (κ2) is 6.91. The first-order valence-electron chi connectivity index (χ1n) is 9.56. The first kappa shape index (κ1) is 16.7. The van der Waals surface area contributed by atoms with Crippen LogP contribution >= 0.6 is 0 Å². The van der Waals surface area contributed by atoms with E-state index < -0.39 is 0 Å². The first-order chi connectivity index (χ1) is 13.3. The number of hydrogen-bond acceptors (Lipinski definition) is 5. The van der Waals surface area contributed by atoms with Gasteiger partial charge in [0.25, 0.3) is 0 Å². The van der Waals surface area contributed by atoms with Crippen LogP contribution in [0.4, 0.5) is 0 Å². The van der Waals surface area contributed by atoms with Crippen molar-refractivity contribution in [3.63, 3.8) is 0 Å². The Morgan fingerprint density at radius 2 is 2.04 bits per heavy atom. The summed E-state index contributed by atoms with van der Waals surface area (Å²) in [6.45, 7) is 3.50. The van der Waals surface area contributed by atoms with E-state index in [1.807, 2.05) is 24.3 Å². The summed E-state index contributed by atoms with van der Waals surface area (Å²) in [5.41, 5.74) is 2.11. The Kier molecular flexibility index (Phi) is 4.26. The number of pyridine rings is 2. The molecule has 5 nitrogen and oxygen atoms in total. The highest BCUT2D eigenvalue weighted by Gasteiger charge is 2.48. The van der Waals surface area contributed by atoms with Crippen molar-refractivity contribution >= 4 is 10.9 Å². The molecule has 2 saturated heterocycles. The van der Waals surface area contributed by atoms with Crippen molar-refractivity contribution in [2.24, 2.45) is 0 Å². The average Bonchev–Trinajstić information content (AvgIpc) is 2.68. The number of para-hydroxylation sites is 1. The molecule has 0 radical (unpaired) electrons. The molecule has 0 saturated carbocycles. The first-order valence-corrected chi connectivity index (χ1v) is 9.56. The lowest BCUT2D eigenvalue weighted by Crippen LogP contribution is -2.65. The monoisotopic (exact) mass is 361 g/mol. The highest BCUT2D eigenvalue weighted by molar-refractivity contribution is 5.78. The maximum atomic E-state index is 6.15. The molecule has 2 aromatic heterocycles. The van der Waals surface area contributed by atoms with Crippen molar-refractivity contribution in [3.8, 4) is 5.75 Å². The summed E-state index contributed by atoms with van der Waals surface area (Å²) in [4.78, 5) is 11.3. The number of likely N-dealkylation sites (tertiary alicyclic amines) is 1. The van der Waals surface area contributed by atoms with Crippen molar-refractivity contribution in [2.75, 3.05) is 19.7 Å². The quantitative estimate of drug-likeness (QED) is 0.712. The highest BCUT2D eigenvalue weighted by atomic mass is 16.5. The molecule has 0 bridgehead atoms. The summed E-state index contributed by atoms with van der Waals surface area (Å²) >= 11 is 0. The van der Waals surface area contributed by atoms with Gasteiger partial charge in [0.05, 0.1) is 29.6 Å². The molecule has 1 spiro atoms. The minimum absolute atomic E-state index is 0.0675. The van der Waals surface area contributed by atoms with Crippen molar-refractivity contribution in [2.45, 2.75) is 31.1 Å². The Hall–Kier alpha value is -2.50. The standard InChI is InChI=1S/C22H23N3O2/c1-2-6-21-17(4-1)7-8-18(24-21)14-25-15-22(16-25)12-19(9-11-26-22)27-20-5-3-10-23-13-20/h1-8,10,13,19H,9,11-12,14-16H2/t19-/m0/s1. The van der Waals surface area contributed by atoms with E-state index in [9.17, 15) is 0 Å². The van der Waals surface area contributed by atoms with Crippen LogP contribution in [0.1, 0.15) is 18.5 Å². The molecule has 5 rings (SSSR count). The molecule has 1 aromatic carbocycles. The van der Waals surface area contributed by atoms with E-state index in [2.05, 4.69) is 34.1 Å². The van der Waals surface area contributed by atoms with Crippen LogP contribution in [-0.4, -0.2) is 46.3 Å². The minimum Gasteiger partial charge on any atom is -0.489 e. The van der Waals surface area contributed by atoms with Crippen LogP contribution in [-0.2, 0) is 11.3 Å². The van der Waals surface area contributed by atoms with Crippen molar-refractivity contribution in [1.29, 1.82) is 0 Å². The van der Waals surface area contributed by atoms with Crippen LogP contribution in [0.3, 0.4) is 0 Å². The molecular formula is C22H23N3O2. The summed E-state index contributed by atoms with van der Waals surface area (Å²) in [6, 6.07) is 16.4. The molecule has 0 aliphatic carbocycles. The van der Waals surface area contributed by atoms with Crippen LogP contribution in [0.15, 0.2) is 60.9 Å². The minimum atomic E-state index is -0.0675. The van der Waals surface area contributed by atoms with Crippen molar-refractivity contribution in [1.82, 2.24) is 14.9 Å². The largest absolute Gasteiger partial charge is 0.489 e. The van der Waals surface area contributed by atoms with Crippen LogP contribution in [0.5, 0.6) is 5.75 Å². The molecule has 4 heterocycles. The van der Waals surface area contributed by atoms with Crippen LogP contribution < -0.4 is 4.74 Å². The second-order valence-electron chi connectivity index (χ2n) is 7.59. The number of hydrogen-bond donors (Lipinski definition) is 0. The maximum absolute atomic E-state index is 6.15. The van der Waals surface area contributed by atoms with Gasteiger partial charge in [-0.15, -0.1) is 0 Å². The second-order valence-corrected chi connectivity index (χ2v) is 7.59. The number of aromatic nitrogens is 2. The fourth-order valence-electron chi connectivity index (χ4n) is 4.22. The van der Waals surface area contributed by atoms with Gasteiger partial charge in [-0.05, 0) is 24.3 Å². The third kappa shape index (κ3) is 3.53. The van der Waals surface area contributed by atoms with E-state index in [1.54, 1.807) is 12.4 Å². The zero-order valence-corrected chi connectivity index (χ0v) is 15.3. The normalized spacial score (nSPS) is 21.9. The van der Waals surface area contributed by atoms with Gasteiger partial charge in [0.2, 0.25) is 0 Å². The lowest BCUT2D eigenvalue weighted by atomic mass is 9.84. The fourth-order valence-corrected chi connectivity index (χ4v) is 4.22. The highest BCUT2D eigenvalue weighted by Crippen LogP contribution is 2.36. The molecule has 0 unspecified atom stereocenters. The third-order valence-electron chi connectivity index (χ3n) is 5.45. The Morgan fingerprint density at radius 3 is 2.93 bits per heavy atom. The van der Waals surface area contributed by atoms with Gasteiger partial charge >= 0.3 is 0 Å². The van der Waals surface area contributed by atoms with Crippen molar-refractivity contribution < 1.29 is 9.47 Å². The number of benzene rings is 1. The molecular weight excluding hydrogens is 338 g/mol. The molecule has 2 aliphatic rings. The Bertz CT molecular complexity index is 925. The van der Waals surface area contributed by atoms with Gasteiger partial charge in [0.1, 0.15) is 11.9 Å². The molecule has 3 aromatic rings. The van der Waals surface area contributed by atoms with E-state index >= 15 is 0 Å². The Balaban J connectivity index is 1.20. The number of nitrogens with zero attached hydrogens (tertiary/aromatic N) is 3. The number of fused-ring (bicyclic) bond motifs is 1. The van der Waals surface area contributed by atoms with E-state index in [0.29, 0.717) is 0 Å². The van der Waals surface area contributed by atoms with Crippen LogP contribution in [0.2, 0.25) is 0 Å². The Labute approximate surface area is 159 Å². The molecule has 2 aliphatic heterocycles. The van der Waals surface area contributed by atoms with Gasteiger partial charge in [0, 0.05) is 44.1 Å². The summed E-state index contributed by atoms with van der Waals surface area (Å²) < 4.78 is 12.3. The number of rotatable bonds is 4. The van der Waals surface area contributed by atoms with E-state index in [1.165, 1.54) is 5.39 Å². The molecule has 0 N–H and O–H groups in total. The van der Waals surface area contributed by atoms with Crippen LogP contribution in [0, 0.1) is 0 Å². The molecule has 27 heavy (non-hydrogen) atoms. The van der Waals surface area contributed by atoms with Gasteiger partial charge in [0.15, 0.2) is 0 Å². The smallest absolute Gasteiger partial charge is 0.138 e. The van der Waals surface area contributed by atoms with E-state index in [4.69, 9.17) is 14.5 Å². The lowest BCUT2D eigenvalue weighted by Gasteiger charge is -2.53. The van der Waals surface area contributed by atoms with Gasteiger partial charge in [-0.25, -0.2) is 0 Å². The molecule has 0 amide bonds. The molecule has 138 valence electrons. The predicted octanol–water partition coefficient (Wildman–Crippen LogP) is 3.44. The zero-order valence-electron chi connectivity index (χ0n) is 15.3. The SMILES string of the molecule is c1cncc(O[C@H]2CCOC3(C2)CN(Cc2ccc4ccccc4n2)C3)c1. The van der Waals surface area contributed by atoms with E-state index in [0.717, 1.165) is 56.0 Å². The third-order valence-corrected chi connectivity index (χ3v) is 5.45. The number of ether oxygens (including phenoxy) is 2. The topological polar surface area (TPSA) is 47.5 Å². The summed E-state index contributed by atoms with van der Waals surface area (Å²) in [6.07, 6.45) is 5.61. The summed E-state index contributed by atoms with van der Waals surface area (Å²) in [7, 11) is 0. The summed E-state index contributed by atoms with van der Waals surface area (Å²) in [5, 5.41) is 1.19. The predicted molar refractivity (Wildman–Crippen MR) is 104 cm³/mol. The van der Waals surface area contributed by atoms with Crippen molar-refractivity contribution in [3.05, 3.63) is 66.6 Å². The average molecular weight is 361 g/mol. The van der Waals surface area contributed by atoms with E-state index in [-0.39, 0.29) is 11.7 Å². The van der Waals surface area contributed by atoms with Gasteiger partial charge in [-0.3, -0.25) is 14.9 Å². The van der Waals surface area contributed by atoms with Gasteiger partial charge in [-0.2, -0.15) is 0 Å². The van der Waals surface area contributed by atoms with Gasteiger partial charge < -0.3 is 9.47 Å². The van der Waals surface area contributed by atoms with Crippen LogP contribution in [0.25, 0.3) is 10.9 Å². The molecule has 5 heteroatoms. The Morgan fingerprint density at radius 1 is 1.11 bits per heavy atom. The van der Waals surface area contributed by atoms with Gasteiger partial charge in [-0.1, -0.05) is 24.3 Å². The molecule has 2 fully saturated rings. The summed E-state index contributed by atoms with van der Waals surface area (Å²) in [5.74, 6) is 0.844. The molecule has 1 atom stereocenters. The lowest BCUT2D eigenvalue weighted by molar-refractivity contribution is -0.188. The fraction of sp³-hybridized carbons (Fsp3) is 0.364. The zero-order chi connectivity index (χ0) is 18.1. The maximum Gasteiger partial charge on any atom is 0.138 e.